The molecule has 1 aromatic heterocycles. The molecule has 3 heterocycles. The van der Waals surface area contributed by atoms with Gasteiger partial charge in [0, 0.05) is 52.2 Å². The summed E-state index contributed by atoms with van der Waals surface area (Å²) in [6, 6.07) is 6.43. The number of hydrogen-bond donors (Lipinski definition) is 0. The number of hydrogen-bond acceptors (Lipinski definition) is 5. The molecule has 2 aromatic rings. The maximum Gasteiger partial charge on any atom is 0.223 e. The van der Waals surface area contributed by atoms with Gasteiger partial charge in [0.15, 0.2) is 11.7 Å². The summed E-state index contributed by atoms with van der Waals surface area (Å²) in [6.07, 6.45) is 4.94. The first-order valence-electron chi connectivity index (χ1n) is 10.0. The number of piperazine rings is 1. The first-order valence-corrected chi connectivity index (χ1v) is 10.0. The largest absolute Gasteiger partial charge is 0.441 e. The van der Waals surface area contributed by atoms with E-state index in [1.807, 2.05) is 4.90 Å². The van der Waals surface area contributed by atoms with Gasteiger partial charge in [-0.1, -0.05) is 12.1 Å². The summed E-state index contributed by atoms with van der Waals surface area (Å²) in [5.41, 5.74) is 0.384. The summed E-state index contributed by atoms with van der Waals surface area (Å²) in [4.78, 5) is 21.0. The molecule has 1 amide bonds. The fourth-order valence-electron chi connectivity index (χ4n) is 3.84. The van der Waals surface area contributed by atoms with Crippen LogP contribution in [0.4, 0.5) is 4.39 Å². The number of ether oxygens (including phenoxy) is 1. The number of rotatable bonds is 6. The van der Waals surface area contributed by atoms with E-state index in [2.05, 4.69) is 9.88 Å². The van der Waals surface area contributed by atoms with Gasteiger partial charge in [-0.15, -0.1) is 0 Å². The molecular weight excluding hydrogens is 361 g/mol. The smallest absolute Gasteiger partial charge is 0.223 e. The molecule has 150 valence electrons. The lowest BCUT2D eigenvalue weighted by atomic mass is 10.2. The molecule has 0 radical (unpaired) electrons. The molecule has 2 aliphatic heterocycles. The Kier molecular flexibility index (Phi) is 6.02. The van der Waals surface area contributed by atoms with Crippen LogP contribution in [0, 0.1) is 5.82 Å². The first-order chi connectivity index (χ1) is 13.7. The van der Waals surface area contributed by atoms with E-state index in [4.69, 9.17) is 9.15 Å². The molecular formula is C21H26FN3O3. The Morgan fingerprint density at radius 2 is 2.04 bits per heavy atom. The molecule has 0 saturated carbocycles. The SMILES string of the molecule is O=C(CCc1ncc(-c2ccccc2F)o1)N1CCN(CC2CCCO2)CC1. The maximum absolute atomic E-state index is 13.8. The predicted molar refractivity (Wildman–Crippen MR) is 102 cm³/mol. The number of halogens is 1. The van der Waals surface area contributed by atoms with Crippen molar-refractivity contribution < 1.29 is 18.3 Å². The van der Waals surface area contributed by atoms with Gasteiger partial charge >= 0.3 is 0 Å². The number of aromatic nitrogens is 1. The van der Waals surface area contributed by atoms with Crippen LogP contribution in [0.5, 0.6) is 0 Å². The molecule has 1 atom stereocenters. The second-order valence-electron chi connectivity index (χ2n) is 7.41. The van der Waals surface area contributed by atoms with Crippen LogP contribution in [0.15, 0.2) is 34.9 Å². The van der Waals surface area contributed by atoms with Crippen molar-refractivity contribution in [2.75, 3.05) is 39.3 Å². The number of benzene rings is 1. The van der Waals surface area contributed by atoms with Crippen LogP contribution in [0.3, 0.4) is 0 Å². The lowest BCUT2D eigenvalue weighted by molar-refractivity contribution is -0.133. The molecule has 2 saturated heterocycles. The van der Waals surface area contributed by atoms with Crippen LogP contribution in [0.2, 0.25) is 0 Å². The second-order valence-corrected chi connectivity index (χ2v) is 7.41. The van der Waals surface area contributed by atoms with E-state index in [1.165, 1.54) is 12.3 Å². The number of carbonyl (C=O) groups is 1. The number of nitrogens with zero attached hydrogens (tertiary/aromatic N) is 3. The van der Waals surface area contributed by atoms with Crippen LogP contribution in [0.25, 0.3) is 11.3 Å². The Bertz CT molecular complexity index is 796. The highest BCUT2D eigenvalue weighted by Gasteiger charge is 2.25. The highest BCUT2D eigenvalue weighted by molar-refractivity contribution is 5.76. The number of carbonyl (C=O) groups excluding carboxylic acids is 1. The molecule has 0 spiro atoms. The van der Waals surface area contributed by atoms with Gasteiger partial charge < -0.3 is 14.1 Å². The third-order valence-electron chi connectivity index (χ3n) is 5.46. The number of aryl methyl sites for hydroxylation is 1. The van der Waals surface area contributed by atoms with Gasteiger partial charge in [-0.3, -0.25) is 9.69 Å². The van der Waals surface area contributed by atoms with Gasteiger partial charge in [0.1, 0.15) is 5.82 Å². The summed E-state index contributed by atoms with van der Waals surface area (Å²) < 4.78 is 25.2. The van der Waals surface area contributed by atoms with Gasteiger partial charge in [0.2, 0.25) is 5.91 Å². The molecule has 6 nitrogen and oxygen atoms in total. The van der Waals surface area contributed by atoms with E-state index in [9.17, 15) is 9.18 Å². The first kappa shape index (κ1) is 19.1. The van der Waals surface area contributed by atoms with Crippen LogP contribution < -0.4 is 0 Å². The van der Waals surface area contributed by atoms with E-state index in [0.717, 1.165) is 52.2 Å². The van der Waals surface area contributed by atoms with Crippen LogP contribution in [0.1, 0.15) is 25.2 Å². The van der Waals surface area contributed by atoms with E-state index < -0.39 is 0 Å². The molecule has 7 heteroatoms. The molecule has 0 bridgehead atoms. The van der Waals surface area contributed by atoms with Gasteiger partial charge in [-0.05, 0) is 25.0 Å². The normalized spacial score (nSPS) is 20.6. The molecule has 2 fully saturated rings. The van der Waals surface area contributed by atoms with Crippen LogP contribution >= 0.6 is 0 Å². The maximum atomic E-state index is 13.8. The highest BCUT2D eigenvalue weighted by Crippen LogP contribution is 2.23. The molecule has 1 aromatic carbocycles. The third kappa shape index (κ3) is 4.59. The van der Waals surface area contributed by atoms with Crippen molar-refractivity contribution in [3.05, 3.63) is 42.2 Å². The molecule has 4 rings (SSSR count). The molecule has 0 N–H and O–H groups in total. The number of oxazole rings is 1. The molecule has 1 unspecified atom stereocenters. The summed E-state index contributed by atoms with van der Waals surface area (Å²) in [7, 11) is 0. The number of amides is 1. The molecule has 28 heavy (non-hydrogen) atoms. The van der Waals surface area contributed by atoms with Crippen molar-refractivity contribution in [1.82, 2.24) is 14.8 Å². The van der Waals surface area contributed by atoms with Crippen molar-refractivity contribution in [2.45, 2.75) is 31.8 Å². The van der Waals surface area contributed by atoms with E-state index in [-0.39, 0.29) is 11.7 Å². The predicted octanol–water partition coefficient (Wildman–Crippen LogP) is 2.74. The minimum absolute atomic E-state index is 0.113. The monoisotopic (exact) mass is 387 g/mol. The minimum atomic E-state index is -0.345. The summed E-state index contributed by atoms with van der Waals surface area (Å²) >= 11 is 0. The fourth-order valence-corrected chi connectivity index (χ4v) is 3.84. The standard InChI is InChI=1S/C21H26FN3O3/c22-18-6-2-1-5-17(18)19-14-23-20(28-19)7-8-21(26)25-11-9-24(10-12-25)15-16-4-3-13-27-16/h1-2,5-6,14,16H,3-4,7-13,15H2. The van der Waals surface area contributed by atoms with Gasteiger partial charge in [0.25, 0.3) is 0 Å². The van der Waals surface area contributed by atoms with Crippen molar-refractivity contribution in [1.29, 1.82) is 0 Å². The van der Waals surface area contributed by atoms with E-state index in [0.29, 0.717) is 36.2 Å². The topological polar surface area (TPSA) is 58.8 Å². The second kappa shape index (κ2) is 8.84. The lowest BCUT2D eigenvalue weighted by Crippen LogP contribution is -2.50. The van der Waals surface area contributed by atoms with Gasteiger partial charge in [-0.25, -0.2) is 9.37 Å². The lowest BCUT2D eigenvalue weighted by Gasteiger charge is -2.35. The van der Waals surface area contributed by atoms with Crippen LogP contribution in [-0.2, 0) is 16.0 Å². The molecule has 0 aliphatic carbocycles. The summed E-state index contributed by atoms with van der Waals surface area (Å²) in [5, 5.41) is 0. The van der Waals surface area contributed by atoms with Crippen molar-refractivity contribution in [2.24, 2.45) is 0 Å². The van der Waals surface area contributed by atoms with Gasteiger partial charge in [0.05, 0.1) is 17.9 Å². The Morgan fingerprint density at radius 3 is 2.79 bits per heavy atom. The van der Waals surface area contributed by atoms with E-state index >= 15 is 0 Å². The van der Waals surface area contributed by atoms with Crippen molar-refractivity contribution in [3.63, 3.8) is 0 Å². The zero-order valence-electron chi connectivity index (χ0n) is 16.0. The van der Waals surface area contributed by atoms with Crippen LogP contribution in [-0.4, -0.2) is 66.1 Å². The van der Waals surface area contributed by atoms with Crippen molar-refractivity contribution in [3.8, 4) is 11.3 Å². The Labute approximate surface area is 164 Å². The Morgan fingerprint density at radius 1 is 1.21 bits per heavy atom. The zero-order valence-corrected chi connectivity index (χ0v) is 16.0. The average molecular weight is 387 g/mol. The Hall–Kier alpha value is -2.25. The molecule has 2 aliphatic rings. The quantitative estimate of drug-likeness (QED) is 0.763. The van der Waals surface area contributed by atoms with E-state index in [1.54, 1.807) is 18.2 Å². The zero-order chi connectivity index (χ0) is 19.3. The third-order valence-corrected chi connectivity index (χ3v) is 5.46. The average Bonchev–Trinajstić information content (AvgIpc) is 3.39. The Balaban J connectivity index is 1.23. The van der Waals surface area contributed by atoms with Crippen molar-refractivity contribution >= 4 is 5.91 Å². The minimum Gasteiger partial charge on any atom is -0.441 e. The van der Waals surface area contributed by atoms with Gasteiger partial charge in [-0.2, -0.15) is 0 Å². The highest BCUT2D eigenvalue weighted by atomic mass is 19.1. The fraction of sp³-hybridized carbons (Fsp3) is 0.524. The summed E-state index contributed by atoms with van der Waals surface area (Å²) in [6.45, 7) is 5.12. The summed E-state index contributed by atoms with van der Waals surface area (Å²) in [5.74, 6) is 0.622.